The van der Waals surface area contributed by atoms with E-state index in [9.17, 15) is 29.6 Å². The van der Waals surface area contributed by atoms with E-state index in [1.54, 1.807) is 24.3 Å². The summed E-state index contributed by atoms with van der Waals surface area (Å²) >= 11 is 0. The van der Waals surface area contributed by atoms with Gasteiger partial charge in [0.05, 0.1) is 17.7 Å². The maximum absolute atomic E-state index is 12.8. The molecule has 0 atom stereocenters. The molecular weight excluding hydrogens is 382 g/mol. The Morgan fingerprint density at radius 3 is 2.38 bits per heavy atom. The van der Waals surface area contributed by atoms with E-state index in [4.69, 9.17) is 4.74 Å². The second kappa shape index (κ2) is 7.43. The molecule has 1 fully saturated rings. The average Bonchev–Trinajstić information content (AvgIpc) is 2.67. The number of urea groups is 1. The average molecular weight is 396 g/mol. The third kappa shape index (κ3) is 3.63. The summed E-state index contributed by atoms with van der Waals surface area (Å²) in [6, 6.07) is 7.63. The van der Waals surface area contributed by atoms with Crippen molar-refractivity contribution in [2.45, 2.75) is 6.92 Å². The first-order chi connectivity index (χ1) is 13.7. The molecule has 2 aromatic carbocycles. The van der Waals surface area contributed by atoms with Gasteiger partial charge >= 0.3 is 6.03 Å². The fourth-order valence-electron chi connectivity index (χ4n) is 2.73. The van der Waals surface area contributed by atoms with Gasteiger partial charge in [-0.1, -0.05) is 17.7 Å². The summed E-state index contributed by atoms with van der Waals surface area (Å²) in [6.07, 6.45) is 1.06. The maximum atomic E-state index is 12.8. The van der Waals surface area contributed by atoms with Crippen molar-refractivity contribution in [1.82, 2.24) is 5.32 Å². The molecule has 0 bridgehead atoms. The van der Waals surface area contributed by atoms with Gasteiger partial charge in [-0.05, 0) is 36.8 Å². The molecule has 2 aromatic rings. The molecule has 1 N–H and O–H groups in total. The molecule has 3 rings (SSSR count). The highest BCUT2D eigenvalue weighted by Gasteiger charge is 2.36. The number of barbiturate groups is 1. The van der Waals surface area contributed by atoms with Crippen LogP contribution in [0, 0.1) is 17.0 Å². The van der Waals surface area contributed by atoms with Crippen LogP contribution in [0.3, 0.4) is 0 Å². The highest BCUT2D eigenvalue weighted by atomic mass is 16.6. The van der Waals surface area contributed by atoms with E-state index in [1.807, 2.05) is 6.92 Å². The van der Waals surface area contributed by atoms with Crippen LogP contribution < -0.4 is 20.1 Å². The van der Waals surface area contributed by atoms with Crippen molar-refractivity contribution in [3.8, 4) is 11.5 Å². The van der Waals surface area contributed by atoms with Crippen LogP contribution in [0.2, 0.25) is 0 Å². The quantitative estimate of drug-likeness (QED) is 0.358. The monoisotopic (exact) mass is 396 g/mol. The van der Waals surface area contributed by atoms with Crippen LogP contribution in [0.25, 0.3) is 6.08 Å². The lowest BCUT2D eigenvalue weighted by molar-refractivity contribution is -0.398. The highest BCUT2D eigenvalue weighted by Crippen LogP contribution is 2.35. The first-order valence-electron chi connectivity index (χ1n) is 8.24. The third-order valence-electron chi connectivity index (χ3n) is 4.18. The van der Waals surface area contributed by atoms with Crippen molar-refractivity contribution in [2.24, 2.45) is 0 Å². The summed E-state index contributed by atoms with van der Waals surface area (Å²) in [6.45, 7) is 1.83. The van der Waals surface area contributed by atoms with E-state index in [0.717, 1.165) is 35.8 Å². The predicted octanol–water partition coefficient (Wildman–Crippen LogP) is 1.65. The Labute approximate surface area is 164 Å². The normalized spacial score (nSPS) is 15.4. The van der Waals surface area contributed by atoms with Gasteiger partial charge < -0.3 is 9.84 Å². The Balaban J connectivity index is 2.08. The number of rotatable bonds is 4. The number of anilines is 1. The minimum atomic E-state index is -0.962. The molecule has 1 saturated heterocycles. The minimum Gasteiger partial charge on any atom is -0.865 e. The van der Waals surface area contributed by atoms with Gasteiger partial charge in [0.1, 0.15) is 11.3 Å². The number of nitro groups is 1. The van der Waals surface area contributed by atoms with Crippen LogP contribution in [0.1, 0.15) is 11.1 Å². The molecular formula is C19H14N3O7-. The zero-order valence-electron chi connectivity index (χ0n) is 15.3. The molecule has 4 amide bonds. The fourth-order valence-corrected chi connectivity index (χ4v) is 2.73. The van der Waals surface area contributed by atoms with Crippen molar-refractivity contribution in [3.63, 3.8) is 0 Å². The van der Waals surface area contributed by atoms with Gasteiger partial charge in [-0.3, -0.25) is 25.0 Å². The molecule has 0 radical (unpaired) electrons. The van der Waals surface area contributed by atoms with Gasteiger partial charge in [-0.25, -0.2) is 9.69 Å². The summed E-state index contributed by atoms with van der Waals surface area (Å²) in [4.78, 5) is 48.2. The number of aryl methyl sites for hydroxylation is 1. The van der Waals surface area contributed by atoms with Crippen molar-refractivity contribution in [3.05, 3.63) is 63.2 Å². The first kappa shape index (κ1) is 19.5. The van der Waals surface area contributed by atoms with E-state index in [2.05, 4.69) is 5.32 Å². The number of imide groups is 2. The van der Waals surface area contributed by atoms with Crippen LogP contribution in [0.4, 0.5) is 16.2 Å². The number of hydrogen-bond donors (Lipinski definition) is 1. The molecule has 0 saturated carbocycles. The Hall–Kier alpha value is -4.21. The SMILES string of the molecule is COc1cc(/C=C2\C(=O)NC(=O)N(c3ccc(C)cc3)C2=O)cc([N+](=O)[O-])c1[O-]. The summed E-state index contributed by atoms with van der Waals surface area (Å²) in [7, 11) is 1.16. The standard InChI is InChI=1S/C19H15N3O7/c1-10-3-5-12(6-4-10)21-18(25)13(17(24)20-19(21)26)7-11-8-14(22(27)28)16(23)15(9-11)29-2/h3-9,23H,1-2H3,(H,20,24,26)/p-1/b13-7+. The predicted molar refractivity (Wildman–Crippen MR) is 99.3 cm³/mol. The van der Waals surface area contributed by atoms with Gasteiger partial charge in [-0.15, -0.1) is 0 Å². The number of hydrogen-bond acceptors (Lipinski definition) is 7. The Morgan fingerprint density at radius 1 is 1.14 bits per heavy atom. The number of benzene rings is 2. The van der Waals surface area contributed by atoms with E-state index < -0.39 is 39.8 Å². The van der Waals surface area contributed by atoms with E-state index in [0.29, 0.717) is 0 Å². The van der Waals surface area contributed by atoms with Crippen LogP contribution in [0.5, 0.6) is 11.5 Å². The summed E-state index contributed by atoms with van der Waals surface area (Å²) in [5.74, 6) is -3.12. The number of ether oxygens (including phenoxy) is 1. The summed E-state index contributed by atoms with van der Waals surface area (Å²) in [5.41, 5.74) is -0.0334. The van der Waals surface area contributed by atoms with Crippen LogP contribution in [-0.2, 0) is 9.59 Å². The molecule has 0 unspecified atom stereocenters. The summed E-state index contributed by atoms with van der Waals surface area (Å²) < 4.78 is 4.84. The Morgan fingerprint density at radius 2 is 1.79 bits per heavy atom. The van der Waals surface area contributed by atoms with Gasteiger partial charge in [0.15, 0.2) is 0 Å². The Bertz CT molecular complexity index is 1070. The topological polar surface area (TPSA) is 142 Å². The molecule has 10 heteroatoms. The van der Waals surface area contributed by atoms with E-state index in [1.165, 1.54) is 0 Å². The second-order valence-electron chi connectivity index (χ2n) is 6.12. The number of nitro benzene ring substituents is 1. The number of carbonyl (C=O) groups is 3. The van der Waals surface area contributed by atoms with E-state index in [-0.39, 0.29) is 17.0 Å². The molecule has 0 aliphatic carbocycles. The lowest BCUT2D eigenvalue weighted by Gasteiger charge is -2.26. The molecule has 0 spiro atoms. The van der Waals surface area contributed by atoms with Crippen LogP contribution >= 0.6 is 0 Å². The molecule has 10 nitrogen and oxygen atoms in total. The molecule has 29 heavy (non-hydrogen) atoms. The van der Waals surface area contributed by atoms with Crippen molar-refractivity contribution in [2.75, 3.05) is 12.0 Å². The zero-order chi connectivity index (χ0) is 21.3. The maximum Gasteiger partial charge on any atom is 0.335 e. The van der Waals surface area contributed by atoms with Gasteiger partial charge in [-0.2, -0.15) is 0 Å². The molecule has 1 aliphatic rings. The highest BCUT2D eigenvalue weighted by molar-refractivity contribution is 6.39. The molecule has 1 heterocycles. The number of carbonyl (C=O) groups excluding carboxylic acids is 3. The van der Waals surface area contributed by atoms with E-state index >= 15 is 0 Å². The molecule has 0 aromatic heterocycles. The third-order valence-corrected chi connectivity index (χ3v) is 4.18. The van der Waals surface area contributed by atoms with Crippen LogP contribution in [0.15, 0.2) is 42.0 Å². The number of amides is 4. The van der Waals surface area contributed by atoms with Crippen molar-refractivity contribution < 1.29 is 29.2 Å². The number of methoxy groups -OCH3 is 1. The lowest BCUT2D eigenvalue weighted by Crippen LogP contribution is -2.54. The minimum absolute atomic E-state index is 0.0184. The van der Waals surface area contributed by atoms with Gasteiger partial charge in [0.25, 0.3) is 17.5 Å². The molecule has 148 valence electrons. The number of nitrogens with one attached hydrogen (secondary N) is 1. The number of nitrogens with zero attached hydrogens (tertiary/aromatic N) is 2. The lowest BCUT2D eigenvalue weighted by atomic mass is 10.1. The smallest absolute Gasteiger partial charge is 0.335 e. The van der Waals surface area contributed by atoms with Gasteiger partial charge in [0, 0.05) is 11.8 Å². The van der Waals surface area contributed by atoms with Crippen molar-refractivity contribution in [1.29, 1.82) is 0 Å². The Kier molecular flexibility index (Phi) is 5.01. The summed E-state index contributed by atoms with van der Waals surface area (Å²) in [5, 5.41) is 25.1. The van der Waals surface area contributed by atoms with Crippen molar-refractivity contribution >= 4 is 35.3 Å². The van der Waals surface area contributed by atoms with Gasteiger partial charge in [0.2, 0.25) is 0 Å². The molecule has 1 aliphatic heterocycles. The zero-order valence-corrected chi connectivity index (χ0v) is 15.3. The fraction of sp³-hybridized carbons (Fsp3) is 0.105. The second-order valence-corrected chi connectivity index (χ2v) is 6.12. The first-order valence-corrected chi connectivity index (χ1v) is 8.24. The largest absolute Gasteiger partial charge is 0.865 e. The van der Waals surface area contributed by atoms with Crippen LogP contribution in [-0.4, -0.2) is 29.9 Å².